The number of benzene rings is 2. The normalized spacial score (nSPS) is 16.8. The van der Waals surface area contributed by atoms with E-state index in [0.29, 0.717) is 11.1 Å². The minimum absolute atomic E-state index is 0.000724. The highest BCUT2D eigenvalue weighted by molar-refractivity contribution is 6.01. The average molecular weight is 408 g/mol. The number of hydrogen-bond acceptors (Lipinski definition) is 5. The van der Waals surface area contributed by atoms with Crippen LogP contribution in [0, 0.1) is 19.8 Å². The Labute approximate surface area is 175 Å². The number of hydrogen-bond donors (Lipinski definition) is 1. The van der Waals surface area contributed by atoms with E-state index < -0.39 is 23.9 Å². The number of ketones is 1. The molecular weight excluding hydrogens is 384 g/mol. The van der Waals surface area contributed by atoms with E-state index in [1.807, 2.05) is 25.1 Å². The van der Waals surface area contributed by atoms with Gasteiger partial charge in [-0.3, -0.25) is 29.6 Å². The van der Waals surface area contributed by atoms with Crippen LogP contribution < -0.4 is 5.43 Å². The predicted molar refractivity (Wildman–Crippen MR) is 110 cm³/mol. The molecule has 0 aromatic heterocycles. The van der Waals surface area contributed by atoms with E-state index in [9.17, 15) is 19.2 Å². The maximum Gasteiger partial charge on any atom is 0.312 e. The number of hydrazine groups is 1. The summed E-state index contributed by atoms with van der Waals surface area (Å²) >= 11 is 0. The summed E-state index contributed by atoms with van der Waals surface area (Å²) < 4.78 is 5.31. The Kier molecular flexibility index (Phi) is 6.30. The standard InChI is InChI=1S/C23H24N2O5/c1-14-8-10-17(11-9-14)21(27)16(3)30-23(29)18-12-20(26)25(13-18)24-22(28)19-7-5-4-6-15(19)2/h4-11,16,18H,12-13H2,1-3H3,(H,24,28)/t16-,18-/m0/s1. The van der Waals surface area contributed by atoms with Crippen molar-refractivity contribution in [2.24, 2.45) is 5.92 Å². The van der Waals surface area contributed by atoms with E-state index in [2.05, 4.69) is 5.43 Å². The van der Waals surface area contributed by atoms with E-state index in [-0.39, 0.29) is 24.7 Å². The van der Waals surface area contributed by atoms with Gasteiger partial charge in [-0.05, 0) is 32.4 Å². The fourth-order valence-corrected chi connectivity index (χ4v) is 3.26. The maximum atomic E-state index is 12.5. The van der Waals surface area contributed by atoms with Gasteiger partial charge in [0.15, 0.2) is 6.10 Å². The van der Waals surface area contributed by atoms with Crippen LogP contribution in [0.5, 0.6) is 0 Å². The predicted octanol–water partition coefficient (Wildman–Crippen LogP) is 2.61. The molecule has 0 radical (unpaired) electrons. The second kappa shape index (κ2) is 8.90. The van der Waals surface area contributed by atoms with Crippen molar-refractivity contribution in [2.75, 3.05) is 6.54 Å². The lowest BCUT2D eigenvalue weighted by atomic mass is 10.1. The van der Waals surface area contributed by atoms with Crippen molar-refractivity contribution in [3.8, 4) is 0 Å². The van der Waals surface area contributed by atoms with Gasteiger partial charge in [0.25, 0.3) is 5.91 Å². The number of ether oxygens (including phenoxy) is 1. The first kappa shape index (κ1) is 21.2. The minimum atomic E-state index is -0.967. The molecule has 156 valence electrons. The third-order valence-corrected chi connectivity index (χ3v) is 5.08. The summed E-state index contributed by atoms with van der Waals surface area (Å²) in [7, 11) is 0. The fourth-order valence-electron chi connectivity index (χ4n) is 3.26. The molecule has 7 heteroatoms. The van der Waals surface area contributed by atoms with Crippen molar-refractivity contribution in [2.45, 2.75) is 33.3 Å². The Morgan fingerprint density at radius 3 is 2.40 bits per heavy atom. The van der Waals surface area contributed by atoms with Crippen LogP contribution in [0.3, 0.4) is 0 Å². The zero-order valence-electron chi connectivity index (χ0n) is 17.2. The number of Topliss-reactive ketones (excluding diaryl/α,β-unsaturated/α-hetero) is 1. The van der Waals surface area contributed by atoms with Crippen LogP contribution >= 0.6 is 0 Å². The van der Waals surface area contributed by atoms with Crippen LogP contribution in [0.15, 0.2) is 48.5 Å². The second-order valence-electron chi connectivity index (χ2n) is 7.47. The van der Waals surface area contributed by atoms with Gasteiger partial charge in [-0.15, -0.1) is 0 Å². The zero-order chi connectivity index (χ0) is 21.8. The highest BCUT2D eigenvalue weighted by atomic mass is 16.5. The molecule has 0 saturated carbocycles. The molecule has 3 rings (SSSR count). The second-order valence-corrected chi connectivity index (χ2v) is 7.47. The van der Waals surface area contributed by atoms with Gasteiger partial charge in [-0.1, -0.05) is 48.0 Å². The fraction of sp³-hybridized carbons (Fsp3) is 0.304. The van der Waals surface area contributed by atoms with Crippen LogP contribution in [0.4, 0.5) is 0 Å². The summed E-state index contributed by atoms with van der Waals surface area (Å²) in [5.74, 6) is -2.49. The lowest BCUT2D eigenvalue weighted by Crippen LogP contribution is -2.43. The number of nitrogens with zero attached hydrogens (tertiary/aromatic N) is 1. The van der Waals surface area contributed by atoms with Crippen LogP contribution in [-0.2, 0) is 14.3 Å². The van der Waals surface area contributed by atoms with Gasteiger partial charge in [0.05, 0.1) is 12.5 Å². The molecule has 1 aliphatic rings. The number of rotatable bonds is 6. The highest BCUT2D eigenvalue weighted by Crippen LogP contribution is 2.20. The maximum absolute atomic E-state index is 12.5. The van der Waals surface area contributed by atoms with E-state index >= 15 is 0 Å². The lowest BCUT2D eigenvalue weighted by molar-refractivity contribution is -0.151. The first-order valence-electron chi connectivity index (χ1n) is 9.74. The molecule has 2 amide bonds. The van der Waals surface area contributed by atoms with E-state index in [4.69, 9.17) is 4.74 Å². The third kappa shape index (κ3) is 4.74. The molecule has 2 atom stereocenters. The summed E-state index contributed by atoms with van der Waals surface area (Å²) in [6, 6.07) is 14.0. The van der Waals surface area contributed by atoms with Gasteiger partial charge in [-0.2, -0.15) is 0 Å². The molecule has 1 N–H and O–H groups in total. The van der Waals surface area contributed by atoms with Crippen molar-refractivity contribution < 1.29 is 23.9 Å². The van der Waals surface area contributed by atoms with Gasteiger partial charge in [0.1, 0.15) is 0 Å². The number of amides is 2. The van der Waals surface area contributed by atoms with Gasteiger partial charge in [0.2, 0.25) is 11.7 Å². The highest BCUT2D eigenvalue weighted by Gasteiger charge is 2.37. The average Bonchev–Trinajstić information content (AvgIpc) is 3.08. The molecule has 0 spiro atoms. The van der Waals surface area contributed by atoms with Crippen LogP contribution in [0.25, 0.3) is 0 Å². The first-order valence-corrected chi connectivity index (χ1v) is 9.74. The number of nitrogens with one attached hydrogen (secondary N) is 1. The lowest BCUT2D eigenvalue weighted by Gasteiger charge is -2.19. The molecule has 1 heterocycles. The Hall–Kier alpha value is -3.48. The third-order valence-electron chi connectivity index (χ3n) is 5.08. The van der Waals surface area contributed by atoms with Gasteiger partial charge >= 0.3 is 5.97 Å². The van der Waals surface area contributed by atoms with Crippen molar-refractivity contribution in [3.63, 3.8) is 0 Å². The number of carbonyl (C=O) groups is 4. The monoisotopic (exact) mass is 408 g/mol. The minimum Gasteiger partial charge on any atom is -0.454 e. The molecule has 0 unspecified atom stereocenters. The molecule has 2 aromatic rings. The Balaban J connectivity index is 1.58. The van der Waals surface area contributed by atoms with Crippen molar-refractivity contribution in [1.29, 1.82) is 0 Å². The summed E-state index contributed by atoms with van der Waals surface area (Å²) in [5, 5.41) is 1.13. The zero-order valence-corrected chi connectivity index (χ0v) is 17.2. The Morgan fingerprint density at radius 2 is 1.73 bits per heavy atom. The topological polar surface area (TPSA) is 92.8 Å². The molecule has 0 bridgehead atoms. The molecule has 1 aliphatic heterocycles. The smallest absolute Gasteiger partial charge is 0.312 e. The molecular formula is C23H24N2O5. The van der Waals surface area contributed by atoms with Crippen LogP contribution in [0.2, 0.25) is 0 Å². The summed E-state index contributed by atoms with van der Waals surface area (Å²) in [5.41, 5.74) is 5.26. The van der Waals surface area contributed by atoms with Crippen LogP contribution in [-0.4, -0.2) is 41.2 Å². The Morgan fingerprint density at radius 1 is 1.07 bits per heavy atom. The van der Waals surface area contributed by atoms with E-state index in [1.165, 1.54) is 6.92 Å². The van der Waals surface area contributed by atoms with Gasteiger partial charge in [-0.25, -0.2) is 0 Å². The van der Waals surface area contributed by atoms with Gasteiger partial charge in [0, 0.05) is 17.5 Å². The first-order chi connectivity index (χ1) is 14.3. The molecule has 1 saturated heterocycles. The van der Waals surface area contributed by atoms with Crippen molar-refractivity contribution >= 4 is 23.6 Å². The number of aryl methyl sites for hydroxylation is 2. The van der Waals surface area contributed by atoms with Gasteiger partial charge < -0.3 is 4.74 Å². The number of esters is 1. The van der Waals surface area contributed by atoms with Crippen LogP contribution in [0.1, 0.15) is 45.2 Å². The van der Waals surface area contributed by atoms with Crippen molar-refractivity contribution in [3.05, 3.63) is 70.8 Å². The quantitative estimate of drug-likeness (QED) is 0.586. The van der Waals surface area contributed by atoms with E-state index in [0.717, 1.165) is 16.1 Å². The molecule has 2 aromatic carbocycles. The molecule has 7 nitrogen and oxygen atoms in total. The molecule has 0 aliphatic carbocycles. The van der Waals surface area contributed by atoms with E-state index in [1.54, 1.807) is 37.3 Å². The Bertz CT molecular complexity index is 983. The SMILES string of the molecule is Cc1ccc(C(=O)[C@H](C)OC(=O)[C@H]2CC(=O)N(NC(=O)c3ccccc3C)C2)cc1. The van der Waals surface area contributed by atoms with Crippen molar-refractivity contribution in [1.82, 2.24) is 10.4 Å². The summed E-state index contributed by atoms with van der Waals surface area (Å²) in [6.45, 7) is 5.22. The molecule has 1 fully saturated rings. The summed E-state index contributed by atoms with van der Waals surface area (Å²) in [4.78, 5) is 49.6. The largest absolute Gasteiger partial charge is 0.454 e. The number of carbonyl (C=O) groups excluding carboxylic acids is 4. The summed E-state index contributed by atoms with van der Waals surface area (Å²) in [6.07, 6.45) is -1.05. The molecule has 30 heavy (non-hydrogen) atoms.